The van der Waals surface area contributed by atoms with Crippen LogP contribution in [-0.4, -0.2) is 38.4 Å². The standard InChI is InChI=1S/C17H26N2O2/c1-12-10-18-16(17(2,3)4)11-19(12)13-5-6-14-15(9-13)21-8-7-20-14/h5-6,9,12,16,18H,7-8,10-11H2,1-4H3. The van der Waals surface area contributed by atoms with Gasteiger partial charge >= 0.3 is 0 Å². The highest BCUT2D eigenvalue weighted by molar-refractivity contribution is 5.57. The Hall–Kier alpha value is -1.42. The monoisotopic (exact) mass is 290 g/mol. The zero-order chi connectivity index (χ0) is 15.0. The van der Waals surface area contributed by atoms with Crippen LogP contribution in [0.5, 0.6) is 11.5 Å². The number of hydrogen-bond acceptors (Lipinski definition) is 4. The molecule has 2 aliphatic rings. The number of fused-ring (bicyclic) bond motifs is 1. The molecule has 2 unspecified atom stereocenters. The van der Waals surface area contributed by atoms with Crippen LogP contribution in [0.2, 0.25) is 0 Å². The summed E-state index contributed by atoms with van der Waals surface area (Å²) >= 11 is 0. The van der Waals surface area contributed by atoms with Crippen molar-refractivity contribution in [3.63, 3.8) is 0 Å². The van der Waals surface area contributed by atoms with Crippen molar-refractivity contribution in [1.29, 1.82) is 0 Å². The molecule has 116 valence electrons. The number of rotatable bonds is 1. The van der Waals surface area contributed by atoms with Crippen LogP contribution in [0.1, 0.15) is 27.7 Å². The Morgan fingerprint density at radius 2 is 1.86 bits per heavy atom. The van der Waals surface area contributed by atoms with Crippen molar-refractivity contribution < 1.29 is 9.47 Å². The molecule has 0 aliphatic carbocycles. The second-order valence-electron chi connectivity index (χ2n) is 7.16. The molecule has 21 heavy (non-hydrogen) atoms. The van der Waals surface area contributed by atoms with Gasteiger partial charge in [0.15, 0.2) is 11.5 Å². The van der Waals surface area contributed by atoms with Crippen LogP contribution in [0, 0.1) is 5.41 Å². The van der Waals surface area contributed by atoms with E-state index in [1.807, 2.05) is 6.07 Å². The average molecular weight is 290 g/mol. The van der Waals surface area contributed by atoms with Crippen LogP contribution in [0.3, 0.4) is 0 Å². The molecular weight excluding hydrogens is 264 g/mol. The molecule has 0 amide bonds. The van der Waals surface area contributed by atoms with Gasteiger partial charge in [-0.3, -0.25) is 0 Å². The molecule has 1 fully saturated rings. The Labute approximate surface area is 127 Å². The van der Waals surface area contributed by atoms with Crippen LogP contribution in [0.4, 0.5) is 5.69 Å². The van der Waals surface area contributed by atoms with Crippen molar-refractivity contribution in [3.8, 4) is 11.5 Å². The third-order valence-electron chi connectivity index (χ3n) is 4.47. The summed E-state index contributed by atoms with van der Waals surface area (Å²) in [6, 6.07) is 7.27. The molecule has 2 heterocycles. The van der Waals surface area contributed by atoms with Gasteiger partial charge in [-0.1, -0.05) is 20.8 Å². The van der Waals surface area contributed by atoms with E-state index in [1.54, 1.807) is 0 Å². The van der Waals surface area contributed by atoms with E-state index in [1.165, 1.54) is 5.69 Å². The maximum Gasteiger partial charge on any atom is 0.163 e. The van der Waals surface area contributed by atoms with E-state index in [0.29, 0.717) is 25.3 Å². The van der Waals surface area contributed by atoms with Crippen molar-refractivity contribution in [3.05, 3.63) is 18.2 Å². The molecule has 0 aromatic heterocycles. The van der Waals surface area contributed by atoms with Crippen LogP contribution >= 0.6 is 0 Å². The predicted molar refractivity (Wildman–Crippen MR) is 85.5 cm³/mol. The van der Waals surface area contributed by atoms with Gasteiger partial charge in [-0.05, 0) is 24.5 Å². The number of hydrogen-bond donors (Lipinski definition) is 1. The van der Waals surface area contributed by atoms with Gasteiger partial charge in [-0.25, -0.2) is 0 Å². The molecule has 3 rings (SSSR count). The number of nitrogens with zero attached hydrogens (tertiary/aromatic N) is 1. The van der Waals surface area contributed by atoms with Gasteiger partial charge in [0, 0.05) is 36.9 Å². The molecule has 0 saturated carbocycles. The van der Waals surface area contributed by atoms with Gasteiger partial charge in [0.2, 0.25) is 0 Å². The van der Waals surface area contributed by atoms with E-state index in [9.17, 15) is 0 Å². The Balaban J connectivity index is 1.84. The summed E-state index contributed by atoms with van der Waals surface area (Å²) in [7, 11) is 0. The molecule has 1 aromatic rings. The first kappa shape index (κ1) is 14.5. The van der Waals surface area contributed by atoms with Crippen LogP contribution < -0.4 is 19.7 Å². The molecule has 4 heteroatoms. The van der Waals surface area contributed by atoms with E-state index in [2.05, 4.69) is 50.0 Å². The summed E-state index contributed by atoms with van der Waals surface area (Å²) in [4.78, 5) is 2.48. The summed E-state index contributed by atoms with van der Waals surface area (Å²) in [5, 5.41) is 3.67. The SMILES string of the molecule is CC1CNC(C(C)(C)C)CN1c1ccc2c(c1)OCCO2. The number of piperazine rings is 1. The lowest BCUT2D eigenvalue weighted by atomic mass is 9.84. The van der Waals surface area contributed by atoms with Crippen LogP contribution in [0.25, 0.3) is 0 Å². The fraction of sp³-hybridized carbons (Fsp3) is 0.647. The van der Waals surface area contributed by atoms with Gasteiger partial charge in [-0.15, -0.1) is 0 Å². The highest BCUT2D eigenvalue weighted by Gasteiger charge is 2.32. The number of benzene rings is 1. The first-order valence-corrected chi connectivity index (χ1v) is 7.85. The Morgan fingerprint density at radius 3 is 2.57 bits per heavy atom. The lowest BCUT2D eigenvalue weighted by Crippen LogP contribution is -2.59. The Bertz CT molecular complexity index is 510. The largest absolute Gasteiger partial charge is 0.486 e. The molecule has 1 saturated heterocycles. The molecule has 0 bridgehead atoms. The van der Waals surface area contributed by atoms with Gasteiger partial charge in [-0.2, -0.15) is 0 Å². The van der Waals surface area contributed by atoms with E-state index in [-0.39, 0.29) is 5.41 Å². The van der Waals surface area contributed by atoms with Gasteiger partial charge in [0.25, 0.3) is 0 Å². The van der Waals surface area contributed by atoms with Gasteiger partial charge < -0.3 is 19.7 Å². The van der Waals surface area contributed by atoms with E-state index in [0.717, 1.165) is 24.6 Å². The average Bonchev–Trinajstić information content (AvgIpc) is 2.46. The topological polar surface area (TPSA) is 33.7 Å². The predicted octanol–water partition coefficient (Wildman–Crippen LogP) is 2.67. The molecular formula is C17H26N2O2. The van der Waals surface area contributed by atoms with E-state index < -0.39 is 0 Å². The highest BCUT2D eigenvalue weighted by atomic mass is 16.6. The summed E-state index contributed by atoms with van der Waals surface area (Å²) < 4.78 is 11.3. The Morgan fingerprint density at radius 1 is 1.14 bits per heavy atom. The minimum atomic E-state index is 0.256. The minimum Gasteiger partial charge on any atom is -0.486 e. The molecule has 1 N–H and O–H groups in total. The van der Waals surface area contributed by atoms with Gasteiger partial charge in [0.05, 0.1) is 0 Å². The van der Waals surface area contributed by atoms with Crippen molar-refractivity contribution in [2.24, 2.45) is 5.41 Å². The van der Waals surface area contributed by atoms with Crippen molar-refractivity contribution in [2.45, 2.75) is 39.8 Å². The molecule has 2 aliphatic heterocycles. The smallest absolute Gasteiger partial charge is 0.163 e. The summed E-state index contributed by atoms with van der Waals surface area (Å²) in [5.41, 5.74) is 1.48. The zero-order valence-electron chi connectivity index (χ0n) is 13.5. The molecule has 4 nitrogen and oxygen atoms in total. The third-order valence-corrected chi connectivity index (χ3v) is 4.47. The number of ether oxygens (including phenoxy) is 2. The molecule has 2 atom stereocenters. The number of nitrogens with one attached hydrogen (secondary N) is 1. The van der Waals surface area contributed by atoms with Crippen LogP contribution in [-0.2, 0) is 0 Å². The van der Waals surface area contributed by atoms with E-state index in [4.69, 9.17) is 9.47 Å². The lowest BCUT2D eigenvalue weighted by Gasteiger charge is -2.45. The first-order chi connectivity index (χ1) is 9.95. The van der Waals surface area contributed by atoms with Gasteiger partial charge in [0.1, 0.15) is 13.2 Å². The van der Waals surface area contributed by atoms with Crippen molar-refractivity contribution in [2.75, 3.05) is 31.2 Å². The van der Waals surface area contributed by atoms with Crippen molar-refractivity contribution >= 4 is 5.69 Å². The fourth-order valence-electron chi connectivity index (χ4n) is 3.01. The van der Waals surface area contributed by atoms with E-state index >= 15 is 0 Å². The lowest BCUT2D eigenvalue weighted by molar-refractivity contribution is 0.171. The third kappa shape index (κ3) is 2.95. The highest BCUT2D eigenvalue weighted by Crippen LogP contribution is 2.35. The second-order valence-corrected chi connectivity index (χ2v) is 7.16. The molecule has 1 aromatic carbocycles. The van der Waals surface area contributed by atoms with Crippen molar-refractivity contribution in [1.82, 2.24) is 5.32 Å². The zero-order valence-corrected chi connectivity index (χ0v) is 13.5. The minimum absolute atomic E-state index is 0.256. The molecule has 0 spiro atoms. The number of anilines is 1. The quantitative estimate of drug-likeness (QED) is 0.862. The maximum absolute atomic E-state index is 5.72. The fourth-order valence-corrected chi connectivity index (χ4v) is 3.01. The molecule has 0 radical (unpaired) electrons. The van der Waals surface area contributed by atoms with Crippen LogP contribution in [0.15, 0.2) is 18.2 Å². The Kier molecular flexibility index (Phi) is 3.74. The summed E-state index contributed by atoms with van der Waals surface area (Å²) in [6.07, 6.45) is 0. The first-order valence-electron chi connectivity index (χ1n) is 7.85. The summed E-state index contributed by atoms with van der Waals surface area (Å²) in [5.74, 6) is 1.73. The summed E-state index contributed by atoms with van der Waals surface area (Å²) in [6.45, 7) is 12.5. The normalized spacial score (nSPS) is 25.8. The maximum atomic E-state index is 5.72. The second kappa shape index (κ2) is 5.41.